The van der Waals surface area contributed by atoms with Gasteiger partial charge in [-0.15, -0.1) is 0 Å². The van der Waals surface area contributed by atoms with E-state index in [-0.39, 0.29) is 11.6 Å². The van der Waals surface area contributed by atoms with E-state index in [0.717, 1.165) is 22.4 Å². The highest BCUT2D eigenvalue weighted by Gasteiger charge is 2.41. The molecule has 150 valence electrons. The van der Waals surface area contributed by atoms with Gasteiger partial charge in [-0.05, 0) is 61.2 Å². The lowest BCUT2D eigenvalue weighted by Crippen LogP contribution is -2.33. The van der Waals surface area contributed by atoms with E-state index in [0.29, 0.717) is 21.8 Å². The van der Waals surface area contributed by atoms with Crippen LogP contribution in [0, 0.1) is 20.8 Å². The highest BCUT2D eigenvalue weighted by Crippen LogP contribution is 2.36. The number of hydrogen-bond donors (Lipinski definition) is 1. The first kappa shape index (κ1) is 19.9. The van der Waals surface area contributed by atoms with Crippen LogP contribution < -0.4 is 10.2 Å². The number of benzene rings is 3. The monoisotopic (exact) mass is 416 g/mol. The molecule has 0 fully saturated rings. The van der Waals surface area contributed by atoms with Crippen molar-refractivity contribution in [1.29, 1.82) is 0 Å². The largest absolute Gasteiger partial charge is 0.350 e. The minimum absolute atomic E-state index is 0.263. The minimum atomic E-state index is -0.398. The van der Waals surface area contributed by atoms with Crippen LogP contribution in [0.5, 0.6) is 0 Å². The molecule has 3 aromatic rings. The number of hydrogen-bond acceptors (Lipinski definition) is 3. The fourth-order valence-electron chi connectivity index (χ4n) is 3.57. The molecule has 2 amide bonds. The Morgan fingerprint density at radius 3 is 2.23 bits per heavy atom. The molecule has 1 aliphatic rings. The molecule has 0 aromatic heterocycles. The molecular weight excluding hydrogens is 396 g/mol. The second-order valence-electron chi connectivity index (χ2n) is 7.44. The van der Waals surface area contributed by atoms with Crippen molar-refractivity contribution >= 4 is 40.4 Å². The van der Waals surface area contributed by atoms with Gasteiger partial charge >= 0.3 is 0 Å². The lowest BCUT2D eigenvalue weighted by molar-refractivity contribution is -0.120. The summed E-state index contributed by atoms with van der Waals surface area (Å²) in [6.07, 6.45) is 0. The number of imide groups is 1. The van der Waals surface area contributed by atoms with E-state index >= 15 is 0 Å². The van der Waals surface area contributed by atoms with Gasteiger partial charge in [0, 0.05) is 10.7 Å². The number of halogens is 1. The Balaban J connectivity index is 1.87. The summed E-state index contributed by atoms with van der Waals surface area (Å²) in [4.78, 5) is 28.2. The van der Waals surface area contributed by atoms with Crippen molar-refractivity contribution < 1.29 is 9.59 Å². The first-order chi connectivity index (χ1) is 14.4. The molecule has 1 heterocycles. The van der Waals surface area contributed by atoms with E-state index in [1.807, 2.05) is 69.3 Å². The normalized spacial score (nSPS) is 13.9. The van der Waals surface area contributed by atoms with Crippen molar-refractivity contribution in [2.75, 3.05) is 10.2 Å². The zero-order chi connectivity index (χ0) is 21.4. The molecule has 3 aromatic carbocycles. The zero-order valence-corrected chi connectivity index (χ0v) is 17.7. The summed E-state index contributed by atoms with van der Waals surface area (Å²) >= 11 is 6.17. The Morgan fingerprint density at radius 2 is 1.50 bits per heavy atom. The van der Waals surface area contributed by atoms with Crippen LogP contribution in [0.1, 0.15) is 22.3 Å². The molecule has 0 spiro atoms. The third-order valence-corrected chi connectivity index (χ3v) is 5.45. The molecule has 1 N–H and O–H groups in total. The molecule has 0 bridgehead atoms. The maximum atomic E-state index is 13.5. The lowest BCUT2D eigenvalue weighted by atomic mass is 10.0. The third kappa shape index (κ3) is 3.51. The molecule has 4 nitrogen and oxygen atoms in total. The number of anilines is 2. The van der Waals surface area contributed by atoms with Crippen LogP contribution >= 0.6 is 11.6 Å². The number of amides is 2. The average molecular weight is 417 g/mol. The molecule has 0 saturated carbocycles. The van der Waals surface area contributed by atoms with E-state index in [4.69, 9.17) is 11.6 Å². The molecule has 0 atom stereocenters. The Hall–Kier alpha value is -3.37. The van der Waals surface area contributed by atoms with Crippen molar-refractivity contribution in [2.24, 2.45) is 0 Å². The molecule has 30 heavy (non-hydrogen) atoms. The number of carbonyl (C=O) groups excluding carboxylic acids is 2. The predicted octanol–water partition coefficient (Wildman–Crippen LogP) is 5.66. The van der Waals surface area contributed by atoms with Crippen molar-refractivity contribution in [3.63, 3.8) is 0 Å². The molecule has 0 radical (unpaired) electrons. The van der Waals surface area contributed by atoms with Crippen molar-refractivity contribution in [2.45, 2.75) is 20.8 Å². The van der Waals surface area contributed by atoms with Gasteiger partial charge in [-0.1, -0.05) is 60.1 Å². The summed E-state index contributed by atoms with van der Waals surface area (Å²) in [5.74, 6) is -0.769. The van der Waals surface area contributed by atoms with Crippen LogP contribution in [0.4, 0.5) is 11.4 Å². The van der Waals surface area contributed by atoms with E-state index in [1.54, 1.807) is 18.2 Å². The number of nitrogens with zero attached hydrogens (tertiary/aromatic N) is 1. The highest BCUT2D eigenvalue weighted by molar-refractivity contribution is 6.46. The number of aryl methyl sites for hydroxylation is 3. The van der Waals surface area contributed by atoms with Crippen LogP contribution in [-0.2, 0) is 9.59 Å². The topological polar surface area (TPSA) is 49.4 Å². The van der Waals surface area contributed by atoms with Gasteiger partial charge in [-0.25, -0.2) is 4.90 Å². The summed E-state index contributed by atoms with van der Waals surface area (Å²) in [5.41, 5.74) is 5.42. The van der Waals surface area contributed by atoms with Crippen LogP contribution in [0.3, 0.4) is 0 Å². The smallest absolute Gasteiger partial charge is 0.282 e. The van der Waals surface area contributed by atoms with E-state index < -0.39 is 5.91 Å². The Labute approximate surface area is 180 Å². The third-order valence-electron chi connectivity index (χ3n) is 5.21. The Bertz CT molecular complexity index is 1200. The van der Waals surface area contributed by atoms with Gasteiger partial charge in [-0.2, -0.15) is 0 Å². The van der Waals surface area contributed by atoms with Gasteiger partial charge in [0.2, 0.25) is 0 Å². The minimum Gasteiger partial charge on any atom is -0.350 e. The fraction of sp³-hybridized carbons (Fsp3) is 0.120. The summed E-state index contributed by atoms with van der Waals surface area (Å²) in [6.45, 7) is 5.80. The van der Waals surface area contributed by atoms with Crippen molar-refractivity contribution in [1.82, 2.24) is 0 Å². The predicted molar refractivity (Wildman–Crippen MR) is 122 cm³/mol. The van der Waals surface area contributed by atoms with Gasteiger partial charge in [0.1, 0.15) is 5.70 Å². The number of nitrogens with one attached hydrogen (secondary N) is 1. The standard InChI is InChI=1S/C25H21ClN2O2/c1-15-9-10-16(2)20(13-15)27-23-22(18-7-5-4-6-8-18)24(29)28(25(23)30)21-14-19(26)12-11-17(21)3/h4-14,27H,1-3H3. The van der Waals surface area contributed by atoms with Gasteiger partial charge in [-0.3, -0.25) is 9.59 Å². The van der Waals surface area contributed by atoms with Crippen molar-refractivity contribution in [3.05, 3.63) is 99.7 Å². The summed E-state index contributed by atoms with van der Waals surface area (Å²) in [7, 11) is 0. The lowest BCUT2D eigenvalue weighted by Gasteiger charge is -2.18. The first-order valence-electron chi connectivity index (χ1n) is 9.65. The van der Waals surface area contributed by atoms with Gasteiger partial charge in [0.25, 0.3) is 11.8 Å². The summed E-state index contributed by atoms with van der Waals surface area (Å²) in [5, 5.41) is 3.71. The van der Waals surface area contributed by atoms with Gasteiger partial charge in [0.05, 0.1) is 11.3 Å². The SMILES string of the molecule is Cc1ccc(C)c(NC2=C(c3ccccc3)C(=O)N(c3cc(Cl)ccc3C)C2=O)c1. The maximum absolute atomic E-state index is 13.5. The molecule has 0 aliphatic carbocycles. The first-order valence-corrected chi connectivity index (χ1v) is 10.0. The number of rotatable bonds is 4. The van der Waals surface area contributed by atoms with E-state index in [1.165, 1.54) is 4.90 Å². The molecule has 1 aliphatic heterocycles. The van der Waals surface area contributed by atoms with Crippen LogP contribution in [0.25, 0.3) is 5.57 Å². The maximum Gasteiger partial charge on any atom is 0.282 e. The Morgan fingerprint density at radius 1 is 0.800 bits per heavy atom. The molecule has 4 rings (SSSR count). The van der Waals surface area contributed by atoms with Crippen LogP contribution in [0.15, 0.2) is 72.4 Å². The van der Waals surface area contributed by atoms with Crippen LogP contribution in [-0.4, -0.2) is 11.8 Å². The molecule has 0 saturated heterocycles. The molecular formula is C25H21ClN2O2. The fourth-order valence-corrected chi connectivity index (χ4v) is 3.73. The summed E-state index contributed by atoms with van der Waals surface area (Å²) < 4.78 is 0. The highest BCUT2D eigenvalue weighted by atomic mass is 35.5. The van der Waals surface area contributed by atoms with E-state index in [2.05, 4.69) is 5.32 Å². The number of carbonyl (C=O) groups is 2. The van der Waals surface area contributed by atoms with E-state index in [9.17, 15) is 9.59 Å². The second-order valence-corrected chi connectivity index (χ2v) is 7.87. The van der Waals surface area contributed by atoms with Gasteiger partial charge in [0.15, 0.2) is 0 Å². The van der Waals surface area contributed by atoms with Crippen LogP contribution in [0.2, 0.25) is 5.02 Å². The molecule has 0 unspecified atom stereocenters. The molecule has 5 heteroatoms. The quantitative estimate of drug-likeness (QED) is 0.558. The van der Waals surface area contributed by atoms with Gasteiger partial charge < -0.3 is 5.32 Å². The Kier molecular flexibility index (Phi) is 5.18. The second kappa shape index (κ2) is 7.81. The zero-order valence-electron chi connectivity index (χ0n) is 17.0. The van der Waals surface area contributed by atoms with Crippen molar-refractivity contribution in [3.8, 4) is 0 Å². The average Bonchev–Trinajstić information content (AvgIpc) is 2.97. The summed E-state index contributed by atoms with van der Waals surface area (Å²) in [6, 6.07) is 20.4.